The molecule has 0 aromatic carbocycles. The van der Waals surface area contributed by atoms with E-state index in [0.717, 1.165) is 19.6 Å². The highest BCUT2D eigenvalue weighted by atomic mass is 15.0. The van der Waals surface area contributed by atoms with Gasteiger partial charge in [-0.1, -0.05) is 32.4 Å². The van der Waals surface area contributed by atoms with E-state index in [4.69, 9.17) is 0 Å². The summed E-state index contributed by atoms with van der Waals surface area (Å²) in [4.78, 5) is 4.25. The van der Waals surface area contributed by atoms with Crippen molar-refractivity contribution in [1.82, 2.24) is 5.32 Å². The van der Waals surface area contributed by atoms with Gasteiger partial charge in [0.25, 0.3) is 0 Å². The maximum absolute atomic E-state index is 4.25. The fraction of sp³-hybridized carbons (Fsp3) is 0.727. The second kappa shape index (κ2) is 7.99. The molecule has 0 saturated heterocycles. The number of allylic oxidation sites excluding steroid dienone is 1. The zero-order chi connectivity index (χ0) is 10.1. The van der Waals surface area contributed by atoms with Crippen LogP contribution in [0, 0.1) is 5.92 Å². The van der Waals surface area contributed by atoms with Gasteiger partial charge in [-0.05, 0) is 19.3 Å². The summed E-state index contributed by atoms with van der Waals surface area (Å²) in [7, 11) is 0. The van der Waals surface area contributed by atoms with Crippen molar-refractivity contribution in [1.29, 1.82) is 0 Å². The van der Waals surface area contributed by atoms with Crippen LogP contribution in [0.2, 0.25) is 0 Å². The molecule has 0 radical (unpaired) electrons. The Hall–Kier alpha value is -0.630. The van der Waals surface area contributed by atoms with Crippen molar-refractivity contribution in [2.75, 3.05) is 13.2 Å². The fourth-order valence-corrected chi connectivity index (χ4v) is 0.976. The molecule has 0 aliphatic heterocycles. The molecule has 0 aliphatic carbocycles. The minimum atomic E-state index is 0.550. The van der Waals surface area contributed by atoms with Crippen molar-refractivity contribution in [2.45, 2.75) is 34.1 Å². The number of hydrogen-bond acceptors (Lipinski definition) is 2. The largest absolute Gasteiger partial charge is 0.295 e. The van der Waals surface area contributed by atoms with Crippen molar-refractivity contribution >= 4 is 6.21 Å². The predicted molar refractivity (Wildman–Crippen MR) is 60.2 cm³/mol. The molecule has 0 rings (SSSR count). The van der Waals surface area contributed by atoms with Crippen molar-refractivity contribution in [3.8, 4) is 0 Å². The molecular formula is C11H22N2. The topological polar surface area (TPSA) is 24.4 Å². The summed E-state index contributed by atoms with van der Waals surface area (Å²) in [6.45, 7) is 10.2. The lowest BCUT2D eigenvalue weighted by molar-refractivity contribution is 0.736. The van der Waals surface area contributed by atoms with E-state index in [1.165, 1.54) is 5.57 Å². The van der Waals surface area contributed by atoms with E-state index in [1.807, 2.05) is 6.21 Å². The molecule has 0 unspecified atom stereocenters. The van der Waals surface area contributed by atoms with Crippen LogP contribution >= 0.6 is 0 Å². The number of nitrogens with zero attached hydrogens (tertiary/aromatic N) is 1. The number of aliphatic imine (C=N–C) groups is 1. The molecular weight excluding hydrogens is 160 g/mol. The monoisotopic (exact) mass is 182 g/mol. The number of rotatable bonds is 6. The SMILES string of the molecule is C/C=C(\CC)CNC/N=C\C(C)C. The molecule has 0 aromatic heterocycles. The van der Waals surface area contributed by atoms with E-state index in [0.29, 0.717) is 5.92 Å². The Morgan fingerprint density at radius 1 is 1.46 bits per heavy atom. The lowest BCUT2D eigenvalue weighted by Gasteiger charge is -2.03. The van der Waals surface area contributed by atoms with Crippen molar-refractivity contribution < 1.29 is 0 Å². The minimum Gasteiger partial charge on any atom is -0.295 e. The second-order valence-corrected chi connectivity index (χ2v) is 3.46. The highest BCUT2D eigenvalue weighted by molar-refractivity contribution is 5.59. The second-order valence-electron chi connectivity index (χ2n) is 3.46. The summed E-state index contributed by atoms with van der Waals surface area (Å²) < 4.78 is 0. The van der Waals surface area contributed by atoms with Gasteiger partial charge in [-0.25, -0.2) is 0 Å². The predicted octanol–water partition coefficient (Wildman–Crippen LogP) is 2.62. The van der Waals surface area contributed by atoms with Crippen LogP contribution in [0.25, 0.3) is 0 Å². The molecule has 0 bridgehead atoms. The van der Waals surface area contributed by atoms with E-state index in [9.17, 15) is 0 Å². The maximum atomic E-state index is 4.25. The van der Waals surface area contributed by atoms with Crippen molar-refractivity contribution in [3.63, 3.8) is 0 Å². The molecule has 2 heteroatoms. The van der Waals surface area contributed by atoms with Crippen LogP contribution < -0.4 is 5.32 Å². The van der Waals surface area contributed by atoms with E-state index >= 15 is 0 Å². The van der Waals surface area contributed by atoms with Gasteiger partial charge in [-0.15, -0.1) is 0 Å². The van der Waals surface area contributed by atoms with Gasteiger partial charge in [0.1, 0.15) is 0 Å². The third kappa shape index (κ3) is 7.72. The summed E-state index contributed by atoms with van der Waals surface area (Å²) >= 11 is 0. The average Bonchev–Trinajstić information content (AvgIpc) is 2.11. The molecule has 0 atom stereocenters. The first kappa shape index (κ1) is 12.4. The van der Waals surface area contributed by atoms with Crippen LogP contribution in [0.3, 0.4) is 0 Å². The lowest BCUT2D eigenvalue weighted by atomic mass is 10.2. The summed E-state index contributed by atoms with van der Waals surface area (Å²) in [6.07, 6.45) is 5.27. The van der Waals surface area contributed by atoms with E-state index < -0.39 is 0 Å². The normalized spacial score (nSPS) is 13.2. The molecule has 2 nitrogen and oxygen atoms in total. The summed E-state index contributed by atoms with van der Waals surface area (Å²) in [5, 5.41) is 3.28. The zero-order valence-corrected chi connectivity index (χ0v) is 9.30. The van der Waals surface area contributed by atoms with Gasteiger partial charge in [0, 0.05) is 12.8 Å². The van der Waals surface area contributed by atoms with E-state index in [2.05, 4.69) is 44.1 Å². The standard InChI is InChI=1S/C11H22N2/c1-5-11(6-2)8-13-9-12-7-10(3)4/h5,7,10,13H,6,8-9H2,1-4H3/b11-5+,12-7-. The van der Waals surface area contributed by atoms with E-state index in [1.54, 1.807) is 0 Å². The van der Waals surface area contributed by atoms with Gasteiger partial charge >= 0.3 is 0 Å². The van der Waals surface area contributed by atoms with Gasteiger partial charge in [-0.2, -0.15) is 0 Å². The third-order valence-electron chi connectivity index (χ3n) is 1.82. The first-order valence-electron chi connectivity index (χ1n) is 5.05. The van der Waals surface area contributed by atoms with Crippen LogP contribution in [-0.2, 0) is 0 Å². The van der Waals surface area contributed by atoms with Gasteiger partial charge in [0.05, 0.1) is 6.67 Å². The smallest absolute Gasteiger partial charge is 0.0883 e. The Bertz CT molecular complexity index is 169. The first-order valence-corrected chi connectivity index (χ1v) is 5.05. The first-order chi connectivity index (χ1) is 6.20. The van der Waals surface area contributed by atoms with Crippen LogP contribution in [-0.4, -0.2) is 19.4 Å². The molecule has 0 spiro atoms. The molecule has 0 aliphatic rings. The Balaban J connectivity index is 3.45. The van der Waals surface area contributed by atoms with Gasteiger partial charge < -0.3 is 0 Å². The quantitative estimate of drug-likeness (QED) is 0.381. The highest BCUT2D eigenvalue weighted by Crippen LogP contribution is 1.96. The Kier molecular flexibility index (Phi) is 7.60. The molecule has 0 saturated carbocycles. The van der Waals surface area contributed by atoms with E-state index in [-0.39, 0.29) is 0 Å². The Labute approximate surface area is 82.1 Å². The van der Waals surface area contributed by atoms with Gasteiger partial charge in [0.2, 0.25) is 0 Å². The average molecular weight is 182 g/mol. The molecule has 1 N–H and O–H groups in total. The van der Waals surface area contributed by atoms with Gasteiger partial charge in [-0.3, -0.25) is 10.3 Å². The summed E-state index contributed by atoms with van der Waals surface area (Å²) in [5.74, 6) is 0.550. The molecule has 0 amide bonds. The third-order valence-corrected chi connectivity index (χ3v) is 1.82. The fourth-order valence-electron chi connectivity index (χ4n) is 0.976. The highest BCUT2D eigenvalue weighted by Gasteiger charge is 1.90. The molecule has 0 aromatic rings. The van der Waals surface area contributed by atoms with Crippen molar-refractivity contribution in [2.24, 2.45) is 10.9 Å². The van der Waals surface area contributed by atoms with Crippen LogP contribution in [0.15, 0.2) is 16.6 Å². The summed E-state index contributed by atoms with van der Waals surface area (Å²) in [5.41, 5.74) is 1.44. The lowest BCUT2D eigenvalue weighted by Crippen LogP contribution is -2.17. The maximum Gasteiger partial charge on any atom is 0.0883 e. The number of hydrogen-bond donors (Lipinski definition) is 1. The van der Waals surface area contributed by atoms with Gasteiger partial charge in [0.15, 0.2) is 0 Å². The minimum absolute atomic E-state index is 0.550. The van der Waals surface area contributed by atoms with Crippen molar-refractivity contribution in [3.05, 3.63) is 11.6 Å². The van der Waals surface area contributed by atoms with Crippen LogP contribution in [0.4, 0.5) is 0 Å². The van der Waals surface area contributed by atoms with Crippen LogP contribution in [0.1, 0.15) is 34.1 Å². The zero-order valence-electron chi connectivity index (χ0n) is 9.30. The molecule has 0 heterocycles. The molecule has 76 valence electrons. The Morgan fingerprint density at radius 2 is 2.15 bits per heavy atom. The molecule has 0 fully saturated rings. The summed E-state index contributed by atoms with van der Waals surface area (Å²) in [6, 6.07) is 0. The van der Waals surface area contributed by atoms with Crippen LogP contribution in [0.5, 0.6) is 0 Å². The Morgan fingerprint density at radius 3 is 2.62 bits per heavy atom. The molecule has 13 heavy (non-hydrogen) atoms. The number of nitrogens with one attached hydrogen (secondary N) is 1.